The van der Waals surface area contributed by atoms with Crippen LogP contribution in [0.2, 0.25) is 0 Å². The number of esters is 1. The molecule has 1 aromatic rings. The van der Waals surface area contributed by atoms with E-state index >= 15 is 0 Å². The summed E-state index contributed by atoms with van der Waals surface area (Å²) in [6.45, 7) is 8.13. The molecule has 7 atom stereocenters. The highest BCUT2D eigenvalue weighted by Gasteiger charge is 2.76. The van der Waals surface area contributed by atoms with Crippen LogP contribution in [0.15, 0.2) is 55.6 Å². The minimum atomic E-state index is -1.18. The number of alkyl halides is 1. The predicted octanol–water partition coefficient (Wildman–Crippen LogP) is 4.22. The Morgan fingerprint density at radius 1 is 1.15 bits per heavy atom. The number of allylic oxidation sites excluding steroid dienone is 1. The molecule has 2 N–H and O–H groups in total. The van der Waals surface area contributed by atoms with E-state index in [-0.39, 0.29) is 54.8 Å². The summed E-state index contributed by atoms with van der Waals surface area (Å²) in [5, 5.41) is 12.6. The lowest BCUT2D eigenvalue weighted by Gasteiger charge is -2.41. The molecule has 1 aromatic carbocycles. The first-order valence-corrected chi connectivity index (χ1v) is 17.9. The zero-order valence-corrected chi connectivity index (χ0v) is 28.7. The number of carbonyl (C=O) groups excluding carboxylic acids is 4. The normalized spacial score (nSPS) is 28.9. The summed E-state index contributed by atoms with van der Waals surface area (Å²) in [6.07, 6.45) is 9.88. The lowest BCUT2D eigenvalue weighted by atomic mass is 9.70. The Bertz CT molecular complexity index is 1300. The van der Waals surface area contributed by atoms with Gasteiger partial charge < -0.3 is 29.7 Å². The van der Waals surface area contributed by atoms with Gasteiger partial charge in [-0.2, -0.15) is 0 Å². The average molecular weight is 715 g/mol. The summed E-state index contributed by atoms with van der Waals surface area (Å²) < 4.78 is 12.3. The van der Waals surface area contributed by atoms with Crippen LogP contribution >= 0.6 is 15.9 Å². The number of aliphatic hydroxyl groups is 1. The van der Waals surface area contributed by atoms with Gasteiger partial charge in [0.15, 0.2) is 0 Å². The smallest absolute Gasteiger partial charge is 0.306 e. The third-order valence-corrected chi connectivity index (χ3v) is 11.1. The van der Waals surface area contributed by atoms with Crippen molar-refractivity contribution in [3.63, 3.8) is 0 Å². The van der Waals surface area contributed by atoms with Gasteiger partial charge in [-0.1, -0.05) is 77.7 Å². The van der Waals surface area contributed by atoms with E-state index in [1.807, 2.05) is 35.2 Å². The van der Waals surface area contributed by atoms with Crippen LogP contribution in [-0.2, 0) is 28.7 Å². The third-order valence-electron chi connectivity index (χ3n) is 10.2. The van der Waals surface area contributed by atoms with Gasteiger partial charge in [0.25, 0.3) is 0 Å². The maximum Gasteiger partial charge on any atom is 0.306 e. The molecular formula is C36H48BrN3O7. The number of rotatable bonds is 16. The number of carbonyl (C=O) groups is 4. The first kappa shape index (κ1) is 35.3. The van der Waals surface area contributed by atoms with Crippen molar-refractivity contribution in [3.8, 4) is 0 Å². The molecule has 10 nitrogen and oxygen atoms in total. The zero-order valence-electron chi connectivity index (χ0n) is 27.1. The minimum Gasteiger partial charge on any atom is -0.463 e. The summed E-state index contributed by atoms with van der Waals surface area (Å²) >= 11 is 3.76. The van der Waals surface area contributed by atoms with Gasteiger partial charge in [0.05, 0.1) is 24.0 Å². The first-order valence-electron chi connectivity index (χ1n) is 17.0. The molecule has 3 saturated heterocycles. The summed E-state index contributed by atoms with van der Waals surface area (Å²) in [5.41, 5.74) is -0.419. The van der Waals surface area contributed by atoms with Crippen LogP contribution in [0, 0.1) is 11.8 Å². The lowest BCUT2D eigenvalue weighted by molar-refractivity contribution is -0.150. The maximum atomic E-state index is 14.7. The second-order valence-electron chi connectivity index (χ2n) is 13.2. The van der Waals surface area contributed by atoms with Crippen molar-refractivity contribution in [1.82, 2.24) is 15.1 Å². The van der Waals surface area contributed by atoms with E-state index in [9.17, 15) is 24.3 Å². The van der Waals surface area contributed by atoms with Gasteiger partial charge in [-0.25, -0.2) is 0 Å². The van der Waals surface area contributed by atoms with Crippen molar-refractivity contribution < 1.29 is 33.8 Å². The van der Waals surface area contributed by atoms with Gasteiger partial charge >= 0.3 is 5.97 Å². The Balaban J connectivity index is 1.45. The second-order valence-corrected chi connectivity index (χ2v) is 14.4. The van der Waals surface area contributed by atoms with Crippen LogP contribution < -0.4 is 5.32 Å². The molecule has 3 aliphatic heterocycles. The monoisotopic (exact) mass is 713 g/mol. The summed E-state index contributed by atoms with van der Waals surface area (Å²) in [4.78, 5) is 59.1. The van der Waals surface area contributed by atoms with Gasteiger partial charge in [-0.15, -0.1) is 13.2 Å². The molecule has 4 fully saturated rings. The van der Waals surface area contributed by atoms with E-state index in [0.29, 0.717) is 32.2 Å². The van der Waals surface area contributed by atoms with Crippen LogP contribution in [0.3, 0.4) is 0 Å². The molecule has 3 amide bonds. The van der Waals surface area contributed by atoms with E-state index in [1.54, 1.807) is 17.1 Å². The molecule has 0 aromatic heterocycles. The standard InChI is InChI=1S/C36H48BrN3O7/c1-3-5-18-28(42)46-23-27(24-14-8-6-9-15-24)38-33(43)29-30-34(44)40(20-12-13-21-41)32(36(30)22-26(37)31(29)47-36)35(45)39(19-4-2)25-16-10-7-11-17-25/h3-4,6,8-9,14-15,25-27,29-32,41H,1-2,5,7,10-13,16-23H2,(H,38,43)/t26?,27-,29+,30-,31+,32+,36-/m1/s1. The molecule has 3 heterocycles. The molecule has 0 radical (unpaired) electrons. The number of likely N-dealkylation sites (tertiary alicyclic amines) is 1. The number of ether oxygens (including phenoxy) is 2. The number of aliphatic hydroxyl groups excluding tert-OH is 1. The van der Waals surface area contributed by atoms with E-state index in [4.69, 9.17) is 9.47 Å². The zero-order chi connectivity index (χ0) is 33.6. The fourth-order valence-corrected chi connectivity index (χ4v) is 9.04. The maximum absolute atomic E-state index is 14.7. The summed E-state index contributed by atoms with van der Waals surface area (Å²) in [7, 11) is 0. The molecule has 256 valence electrons. The van der Waals surface area contributed by atoms with Crippen LogP contribution in [0.25, 0.3) is 0 Å². The lowest BCUT2D eigenvalue weighted by Crippen LogP contribution is -2.58. The van der Waals surface area contributed by atoms with E-state index in [1.165, 1.54) is 0 Å². The van der Waals surface area contributed by atoms with E-state index in [0.717, 1.165) is 37.7 Å². The van der Waals surface area contributed by atoms with Crippen molar-refractivity contribution in [1.29, 1.82) is 0 Å². The van der Waals surface area contributed by atoms with E-state index in [2.05, 4.69) is 34.4 Å². The molecule has 4 aliphatic rings. The minimum absolute atomic E-state index is 0.0218. The number of unbranched alkanes of at least 4 members (excludes halogenated alkanes) is 1. The molecule has 2 bridgehead atoms. The van der Waals surface area contributed by atoms with Crippen molar-refractivity contribution in [3.05, 3.63) is 61.2 Å². The highest BCUT2D eigenvalue weighted by molar-refractivity contribution is 9.09. The quantitative estimate of drug-likeness (QED) is 0.114. The Labute approximate surface area is 286 Å². The topological polar surface area (TPSA) is 125 Å². The molecule has 1 unspecified atom stereocenters. The number of benzene rings is 1. The predicted molar refractivity (Wildman–Crippen MR) is 180 cm³/mol. The number of fused-ring (bicyclic) bond motifs is 1. The van der Waals surface area contributed by atoms with E-state index < -0.39 is 41.6 Å². The molecule has 1 spiro atoms. The Hall–Kier alpha value is -3.02. The molecule has 1 aliphatic carbocycles. The SMILES string of the molecule is C=CCCC(=O)OC[C@@H](NC(=O)[C@@H]1[C@H]2O[C@@]3(CC2Br)[C@H](C(=O)N(CC=C)C2CCCCC2)N(CCCCO)C(=O)[C@@H]13)c1ccccc1. The Morgan fingerprint density at radius 2 is 1.89 bits per heavy atom. The van der Waals surface area contributed by atoms with Crippen LogP contribution in [-0.4, -0.2) is 93.5 Å². The molecular weight excluding hydrogens is 666 g/mol. The van der Waals surface area contributed by atoms with Gasteiger partial charge in [-0.3, -0.25) is 19.2 Å². The van der Waals surface area contributed by atoms with Gasteiger partial charge in [0.1, 0.15) is 18.2 Å². The van der Waals surface area contributed by atoms with Crippen molar-refractivity contribution >= 4 is 39.6 Å². The third kappa shape index (κ3) is 7.22. The fraction of sp³-hybridized carbons (Fsp3) is 0.611. The fourth-order valence-electron chi connectivity index (χ4n) is 8.09. The van der Waals surface area contributed by atoms with Crippen LogP contribution in [0.5, 0.6) is 0 Å². The number of hydrogen-bond donors (Lipinski definition) is 2. The number of nitrogens with zero attached hydrogens (tertiary/aromatic N) is 2. The van der Waals surface area contributed by atoms with Crippen LogP contribution in [0.1, 0.15) is 75.8 Å². The molecule has 5 rings (SSSR count). The van der Waals surface area contributed by atoms with Gasteiger partial charge in [-0.05, 0) is 44.1 Å². The number of amides is 3. The molecule has 1 saturated carbocycles. The Morgan fingerprint density at radius 3 is 2.57 bits per heavy atom. The second kappa shape index (κ2) is 15.9. The summed E-state index contributed by atoms with van der Waals surface area (Å²) in [5.74, 6) is -2.91. The van der Waals surface area contributed by atoms with Crippen molar-refractivity contribution in [2.75, 3.05) is 26.3 Å². The number of halogens is 1. The number of nitrogens with one attached hydrogen (secondary N) is 1. The highest BCUT2D eigenvalue weighted by Crippen LogP contribution is 2.60. The summed E-state index contributed by atoms with van der Waals surface area (Å²) in [6, 6.07) is 7.78. The van der Waals surface area contributed by atoms with Crippen LogP contribution in [0.4, 0.5) is 0 Å². The molecule has 11 heteroatoms. The highest BCUT2D eigenvalue weighted by atomic mass is 79.9. The van der Waals surface area contributed by atoms with Gasteiger partial charge in [0, 0.05) is 37.0 Å². The Kier molecular flexibility index (Phi) is 12.0. The van der Waals surface area contributed by atoms with Crippen molar-refractivity contribution in [2.45, 2.75) is 98.9 Å². The molecule has 47 heavy (non-hydrogen) atoms. The average Bonchev–Trinajstić information content (AvgIpc) is 3.68. The number of hydrogen-bond acceptors (Lipinski definition) is 7. The van der Waals surface area contributed by atoms with Crippen molar-refractivity contribution in [2.24, 2.45) is 11.8 Å². The van der Waals surface area contributed by atoms with Gasteiger partial charge in [0.2, 0.25) is 17.7 Å². The largest absolute Gasteiger partial charge is 0.463 e. The first-order chi connectivity index (χ1) is 22.8.